The summed E-state index contributed by atoms with van der Waals surface area (Å²) >= 11 is 0. The molecule has 134 valence electrons. The van der Waals surface area contributed by atoms with Crippen LogP contribution in [0.3, 0.4) is 0 Å². The average molecular weight is 350 g/mol. The van der Waals surface area contributed by atoms with Gasteiger partial charge in [0.05, 0.1) is 12.1 Å². The number of hydrogen-bond donors (Lipinski definition) is 1. The molecule has 0 saturated carbocycles. The zero-order valence-corrected chi connectivity index (χ0v) is 15.1. The number of nitrogens with one attached hydrogen (secondary N) is 1. The fourth-order valence-electron chi connectivity index (χ4n) is 3.72. The van der Waals surface area contributed by atoms with Crippen LogP contribution in [0.4, 0.5) is 0 Å². The summed E-state index contributed by atoms with van der Waals surface area (Å²) in [5.41, 5.74) is 3.85. The molecule has 0 bridgehead atoms. The molecule has 0 radical (unpaired) electrons. The summed E-state index contributed by atoms with van der Waals surface area (Å²) < 4.78 is 11.6. The van der Waals surface area contributed by atoms with Gasteiger partial charge in [-0.1, -0.05) is 43.7 Å². The molecule has 1 N–H and O–H groups in total. The molecule has 2 aromatic carbocycles. The molecule has 1 aliphatic heterocycles. The zero-order valence-electron chi connectivity index (χ0n) is 15.1. The quantitative estimate of drug-likeness (QED) is 0.720. The third-order valence-electron chi connectivity index (χ3n) is 5.05. The molecule has 2 heterocycles. The first-order chi connectivity index (χ1) is 12.7. The lowest BCUT2D eigenvalue weighted by molar-refractivity contribution is -0.932. The van der Waals surface area contributed by atoms with E-state index in [1.807, 2.05) is 18.2 Å². The van der Waals surface area contributed by atoms with Crippen LogP contribution in [0.2, 0.25) is 0 Å². The van der Waals surface area contributed by atoms with Gasteiger partial charge in [-0.2, -0.15) is 0 Å². The molecule has 0 aliphatic carbocycles. The van der Waals surface area contributed by atoms with Crippen molar-refractivity contribution in [2.24, 2.45) is 0 Å². The van der Waals surface area contributed by atoms with E-state index in [1.165, 1.54) is 10.5 Å². The summed E-state index contributed by atoms with van der Waals surface area (Å²) in [4.78, 5) is 13.4. The summed E-state index contributed by atoms with van der Waals surface area (Å²) in [6.45, 7) is 4.57. The predicted molar refractivity (Wildman–Crippen MR) is 102 cm³/mol. The van der Waals surface area contributed by atoms with Gasteiger partial charge < -0.3 is 9.15 Å². The molecule has 4 nitrogen and oxygen atoms in total. The van der Waals surface area contributed by atoms with Crippen molar-refractivity contribution in [2.75, 3.05) is 13.3 Å². The van der Waals surface area contributed by atoms with E-state index in [4.69, 9.17) is 9.15 Å². The van der Waals surface area contributed by atoms with Gasteiger partial charge in [0.2, 0.25) is 6.73 Å². The minimum atomic E-state index is -0.272. The fourth-order valence-corrected chi connectivity index (χ4v) is 3.72. The Kier molecular flexibility index (Phi) is 4.76. The van der Waals surface area contributed by atoms with Gasteiger partial charge in [0, 0.05) is 17.9 Å². The van der Waals surface area contributed by atoms with Gasteiger partial charge in [-0.3, -0.25) is 4.90 Å². The van der Waals surface area contributed by atoms with Gasteiger partial charge in [-0.05, 0) is 29.7 Å². The Hall–Kier alpha value is -2.59. The van der Waals surface area contributed by atoms with Crippen LogP contribution in [0.1, 0.15) is 30.0 Å². The maximum atomic E-state index is 12.0. The lowest BCUT2D eigenvalue weighted by atomic mass is 10.0. The minimum absolute atomic E-state index is 0.272. The highest BCUT2D eigenvalue weighted by molar-refractivity contribution is 5.85. The summed E-state index contributed by atoms with van der Waals surface area (Å²) in [5, 5.41) is 1.04. The van der Waals surface area contributed by atoms with Crippen molar-refractivity contribution >= 4 is 11.0 Å². The molecule has 0 fully saturated rings. The first kappa shape index (κ1) is 16.9. The number of ether oxygens (including phenoxy) is 1. The third kappa shape index (κ3) is 3.37. The number of aryl methyl sites for hydroxylation is 1. The number of hydrogen-bond acceptors (Lipinski definition) is 3. The van der Waals surface area contributed by atoms with Crippen LogP contribution in [0.25, 0.3) is 11.0 Å². The van der Waals surface area contributed by atoms with E-state index in [-0.39, 0.29) is 5.63 Å². The Labute approximate surface area is 153 Å². The Bertz CT molecular complexity index is 962. The molecule has 1 aliphatic rings. The molecule has 0 saturated heterocycles. The fraction of sp³-hybridized carbons (Fsp3) is 0.318. The van der Waals surface area contributed by atoms with Crippen LogP contribution in [0, 0.1) is 0 Å². The van der Waals surface area contributed by atoms with E-state index in [2.05, 4.69) is 31.2 Å². The predicted octanol–water partition coefficient (Wildman–Crippen LogP) is 2.72. The molecule has 1 unspecified atom stereocenters. The summed E-state index contributed by atoms with van der Waals surface area (Å²) in [6, 6.07) is 16.2. The van der Waals surface area contributed by atoms with Crippen LogP contribution < -0.4 is 15.3 Å². The summed E-state index contributed by atoms with van der Waals surface area (Å²) in [7, 11) is 0. The maximum absolute atomic E-state index is 12.0. The highest BCUT2D eigenvalue weighted by Crippen LogP contribution is 2.30. The van der Waals surface area contributed by atoms with Crippen molar-refractivity contribution < 1.29 is 14.1 Å². The van der Waals surface area contributed by atoms with E-state index in [9.17, 15) is 4.79 Å². The SMILES string of the molecule is CCCc1cc(=O)oc2c3c(ccc12)OC[NH+](CCc1ccccc1)C3. The number of benzene rings is 2. The second kappa shape index (κ2) is 7.34. The molecule has 0 amide bonds. The Morgan fingerprint density at radius 1 is 1.08 bits per heavy atom. The number of fused-ring (bicyclic) bond motifs is 3. The standard InChI is InChI=1S/C22H23NO3/c1-2-6-17-13-21(24)26-22-18(17)9-10-20-19(22)14-23(15-25-20)12-11-16-7-4-3-5-8-16/h3-5,7-10,13H,2,6,11-12,14-15H2,1H3/p+1. The minimum Gasteiger partial charge on any atom is -0.445 e. The van der Waals surface area contributed by atoms with Crippen LogP contribution in [0.5, 0.6) is 5.75 Å². The normalized spacial score (nSPS) is 16.3. The molecule has 4 heteroatoms. The molecule has 4 rings (SSSR count). The van der Waals surface area contributed by atoms with Gasteiger partial charge in [-0.25, -0.2) is 4.79 Å². The van der Waals surface area contributed by atoms with Crippen molar-refractivity contribution in [3.05, 3.63) is 75.6 Å². The van der Waals surface area contributed by atoms with Crippen LogP contribution in [-0.2, 0) is 19.4 Å². The lowest BCUT2D eigenvalue weighted by Crippen LogP contribution is -3.12. The van der Waals surface area contributed by atoms with Gasteiger partial charge >= 0.3 is 5.63 Å². The second-order valence-corrected chi connectivity index (χ2v) is 6.96. The van der Waals surface area contributed by atoms with E-state index in [0.29, 0.717) is 12.3 Å². The molecule has 3 aromatic rings. The van der Waals surface area contributed by atoms with Crippen LogP contribution in [-0.4, -0.2) is 13.3 Å². The first-order valence-corrected chi connectivity index (χ1v) is 9.33. The summed E-state index contributed by atoms with van der Waals surface area (Å²) in [5.74, 6) is 0.845. The highest BCUT2D eigenvalue weighted by Gasteiger charge is 2.24. The van der Waals surface area contributed by atoms with Gasteiger partial charge in [0.1, 0.15) is 12.3 Å². The average Bonchev–Trinajstić information content (AvgIpc) is 2.67. The smallest absolute Gasteiger partial charge is 0.336 e. The highest BCUT2D eigenvalue weighted by atomic mass is 16.5. The topological polar surface area (TPSA) is 43.9 Å². The molecule has 26 heavy (non-hydrogen) atoms. The zero-order chi connectivity index (χ0) is 17.9. The van der Waals surface area contributed by atoms with Crippen molar-refractivity contribution in [3.8, 4) is 5.75 Å². The third-order valence-corrected chi connectivity index (χ3v) is 5.05. The first-order valence-electron chi connectivity index (χ1n) is 9.33. The number of rotatable bonds is 5. The number of quaternary nitrogens is 1. The van der Waals surface area contributed by atoms with Gasteiger partial charge in [-0.15, -0.1) is 0 Å². The van der Waals surface area contributed by atoms with Crippen molar-refractivity contribution in [3.63, 3.8) is 0 Å². The Morgan fingerprint density at radius 2 is 1.92 bits per heavy atom. The second-order valence-electron chi connectivity index (χ2n) is 6.96. The van der Waals surface area contributed by atoms with E-state index < -0.39 is 0 Å². The Morgan fingerprint density at radius 3 is 2.73 bits per heavy atom. The molecular weight excluding hydrogens is 326 g/mol. The molecule has 1 atom stereocenters. The van der Waals surface area contributed by atoms with Crippen molar-refractivity contribution in [1.82, 2.24) is 0 Å². The van der Waals surface area contributed by atoms with E-state index in [0.717, 1.165) is 54.6 Å². The Balaban J connectivity index is 1.62. The van der Waals surface area contributed by atoms with Crippen molar-refractivity contribution in [1.29, 1.82) is 0 Å². The monoisotopic (exact) mass is 350 g/mol. The van der Waals surface area contributed by atoms with Crippen LogP contribution >= 0.6 is 0 Å². The molecule has 0 spiro atoms. The van der Waals surface area contributed by atoms with E-state index >= 15 is 0 Å². The van der Waals surface area contributed by atoms with Crippen molar-refractivity contribution in [2.45, 2.75) is 32.7 Å². The van der Waals surface area contributed by atoms with Gasteiger partial charge in [0.25, 0.3) is 0 Å². The lowest BCUT2D eigenvalue weighted by Gasteiger charge is -2.26. The maximum Gasteiger partial charge on any atom is 0.336 e. The van der Waals surface area contributed by atoms with Gasteiger partial charge in [0.15, 0.2) is 5.58 Å². The molecular formula is C22H24NO3+. The summed E-state index contributed by atoms with van der Waals surface area (Å²) in [6.07, 6.45) is 2.89. The van der Waals surface area contributed by atoms with Crippen LogP contribution in [0.15, 0.2) is 57.7 Å². The van der Waals surface area contributed by atoms with E-state index in [1.54, 1.807) is 6.07 Å². The molecule has 1 aromatic heterocycles. The largest absolute Gasteiger partial charge is 0.445 e.